The molecule has 2 saturated heterocycles. The first-order valence-electron chi connectivity index (χ1n) is 14.3. The van der Waals surface area contributed by atoms with Crippen molar-refractivity contribution in [1.29, 1.82) is 0 Å². The average molecular weight is 595 g/mol. The van der Waals surface area contributed by atoms with E-state index in [-0.39, 0.29) is 13.2 Å². The van der Waals surface area contributed by atoms with Crippen LogP contribution in [0.3, 0.4) is 0 Å². The van der Waals surface area contributed by atoms with E-state index >= 15 is 0 Å². The molecule has 0 bridgehead atoms. The number of hydrogen-bond donors (Lipinski definition) is 0. The molecular formula is C30H42O12. The minimum absolute atomic E-state index is 0.236. The third-order valence-electron chi connectivity index (χ3n) is 6.84. The normalized spacial score (nSPS) is 24.3. The van der Waals surface area contributed by atoms with Crippen molar-refractivity contribution in [2.75, 3.05) is 33.0 Å². The van der Waals surface area contributed by atoms with Crippen molar-refractivity contribution in [3.63, 3.8) is 0 Å². The third kappa shape index (κ3) is 11.2. The standard InChI is InChI=1S/C30H42O12/c1-19(31)37-18-26-27(39-20(2)32)28(40-21(3)33)29(41-22(4)34)30(42-26)36-14-6-5-7-23-8-10-25(11-9-23)38-17-24-12-15-35-16-13-24/h8-11,24,26-30H,5-7,12-18H2,1-4H3. The highest BCUT2D eigenvalue weighted by Crippen LogP contribution is 2.30. The summed E-state index contributed by atoms with van der Waals surface area (Å²) in [7, 11) is 0. The highest BCUT2D eigenvalue weighted by molar-refractivity contribution is 5.68. The maximum atomic E-state index is 11.9. The molecule has 5 atom stereocenters. The van der Waals surface area contributed by atoms with Crippen molar-refractivity contribution in [2.24, 2.45) is 5.92 Å². The Morgan fingerprint density at radius 2 is 1.38 bits per heavy atom. The van der Waals surface area contributed by atoms with E-state index in [1.54, 1.807) is 0 Å². The van der Waals surface area contributed by atoms with Crippen molar-refractivity contribution in [3.05, 3.63) is 29.8 Å². The van der Waals surface area contributed by atoms with E-state index in [1.165, 1.54) is 27.7 Å². The predicted octanol–water partition coefficient (Wildman–Crippen LogP) is 2.91. The SMILES string of the molecule is CC(=O)OCC1OC(OCCCCc2ccc(OCC3CCOCC3)cc2)C(OC(C)=O)C(OC(C)=O)C1OC(C)=O. The van der Waals surface area contributed by atoms with E-state index in [4.69, 9.17) is 37.9 Å². The van der Waals surface area contributed by atoms with E-state index in [1.807, 2.05) is 24.3 Å². The van der Waals surface area contributed by atoms with Crippen LogP contribution in [0.2, 0.25) is 0 Å². The molecule has 2 heterocycles. The Morgan fingerprint density at radius 3 is 2.00 bits per heavy atom. The lowest BCUT2D eigenvalue weighted by Gasteiger charge is -2.44. The molecule has 12 nitrogen and oxygen atoms in total. The number of aryl methyl sites for hydroxylation is 1. The highest BCUT2D eigenvalue weighted by atomic mass is 16.7. The number of benzene rings is 1. The zero-order chi connectivity index (χ0) is 30.5. The molecule has 2 fully saturated rings. The maximum Gasteiger partial charge on any atom is 0.303 e. The summed E-state index contributed by atoms with van der Waals surface area (Å²) in [6.07, 6.45) is -1.58. The molecule has 0 aromatic heterocycles. The summed E-state index contributed by atoms with van der Waals surface area (Å²) in [5.74, 6) is -1.26. The first-order chi connectivity index (χ1) is 20.1. The summed E-state index contributed by atoms with van der Waals surface area (Å²) >= 11 is 0. The molecule has 1 aromatic rings. The molecule has 5 unspecified atom stereocenters. The summed E-state index contributed by atoms with van der Waals surface area (Å²) in [5, 5.41) is 0. The van der Waals surface area contributed by atoms with Crippen LogP contribution in [0.15, 0.2) is 24.3 Å². The summed E-state index contributed by atoms with van der Waals surface area (Å²) in [5.41, 5.74) is 1.15. The summed E-state index contributed by atoms with van der Waals surface area (Å²) in [6.45, 7) is 6.98. The van der Waals surface area contributed by atoms with E-state index in [2.05, 4.69) is 0 Å². The van der Waals surface area contributed by atoms with Gasteiger partial charge < -0.3 is 37.9 Å². The first kappa shape index (κ1) is 33.3. The minimum atomic E-state index is -1.25. The van der Waals surface area contributed by atoms with Crippen LogP contribution < -0.4 is 4.74 Å². The van der Waals surface area contributed by atoms with Crippen LogP contribution in [0, 0.1) is 5.92 Å². The number of ether oxygens (including phenoxy) is 8. The number of rotatable bonds is 14. The second-order valence-electron chi connectivity index (χ2n) is 10.4. The van der Waals surface area contributed by atoms with Crippen LogP contribution in [0.5, 0.6) is 5.75 Å². The molecule has 42 heavy (non-hydrogen) atoms. The quantitative estimate of drug-likeness (QED) is 0.178. The molecule has 0 spiro atoms. The first-order valence-corrected chi connectivity index (χ1v) is 14.3. The van der Waals surface area contributed by atoms with Gasteiger partial charge in [0.25, 0.3) is 0 Å². The minimum Gasteiger partial charge on any atom is -0.493 e. The molecule has 0 N–H and O–H groups in total. The molecule has 234 valence electrons. The van der Waals surface area contributed by atoms with Gasteiger partial charge in [-0.05, 0) is 55.7 Å². The number of hydrogen-bond acceptors (Lipinski definition) is 12. The monoisotopic (exact) mass is 594 g/mol. The smallest absolute Gasteiger partial charge is 0.303 e. The van der Waals surface area contributed by atoms with Gasteiger partial charge in [-0.15, -0.1) is 0 Å². The highest BCUT2D eigenvalue weighted by Gasteiger charge is 2.52. The third-order valence-corrected chi connectivity index (χ3v) is 6.84. The zero-order valence-corrected chi connectivity index (χ0v) is 24.7. The van der Waals surface area contributed by atoms with Crippen LogP contribution >= 0.6 is 0 Å². The van der Waals surface area contributed by atoms with Gasteiger partial charge in [0.05, 0.1) is 6.61 Å². The lowest BCUT2D eigenvalue weighted by Crippen LogP contribution is -2.63. The lowest BCUT2D eigenvalue weighted by molar-refractivity contribution is -0.308. The van der Waals surface area contributed by atoms with Gasteiger partial charge in [0.2, 0.25) is 0 Å². The van der Waals surface area contributed by atoms with Crippen LogP contribution in [-0.4, -0.2) is 87.6 Å². The Morgan fingerprint density at radius 1 is 0.762 bits per heavy atom. The summed E-state index contributed by atoms with van der Waals surface area (Å²) < 4.78 is 44.5. The lowest BCUT2D eigenvalue weighted by atomic mass is 9.98. The molecule has 2 aliphatic rings. The van der Waals surface area contributed by atoms with Crippen LogP contribution in [-0.2, 0) is 58.8 Å². The van der Waals surface area contributed by atoms with Gasteiger partial charge in [-0.1, -0.05) is 12.1 Å². The maximum absolute atomic E-state index is 11.9. The molecule has 3 rings (SSSR count). The van der Waals surface area contributed by atoms with E-state index in [0.29, 0.717) is 18.9 Å². The Bertz CT molecular complexity index is 1020. The summed E-state index contributed by atoms with van der Waals surface area (Å²) in [4.78, 5) is 47.2. The van der Waals surface area contributed by atoms with Crippen LogP contribution in [0.1, 0.15) is 58.9 Å². The Hall–Kier alpha value is -3.22. The van der Waals surface area contributed by atoms with Gasteiger partial charge in [0, 0.05) is 47.5 Å². The number of esters is 4. The van der Waals surface area contributed by atoms with Gasteiger partial charge in [-0.3, -0.25) is 19.2 Å². The second kappa shape index (κ2) is 17.0. The fraction of sp³-hybridized carbons (Fsp3) is 0.667. The topological polar surface area (TPSA) is 142 Å². The Kier molecular flexibility index (Phi) is 13.5. The average Bonchev–Trinajstić information content (AvgIpc) is 2.94. The Labute approximate surface area is 246 Å². The molecular weight excluding hydrogens is 552 g/mol. The Balaban J connectivity index is 1.56. The number of carbonyl (C=O) groups is 4. The molecule has 0 aliphatic carbocycles. The van der Waals surface area contributed by atoms with Gasteiger partial charge in [-0.2, -0.15) is 0 Å². The fourth-order valence-electron chi connectivity index (χ4n) is 4.83. The molecule has 0 amide bonds. The van der Waals surface area contributed by atoms with E-state index < -0.39 is 54.6 Å². The molecule has 0 saturated carbocycles. The van der Waals surface area contributed by atoms with Crippen molar-refractivity contribution in [3.8, 4) is 5.75 Å². The number of carbonyl (C=O) groups excluding carboxylic acids is 4. The second-order valence-corrected chi connectivity index (χ2v) is 10.4. The molecule has 1 aromatic carbocycles. The molecule has 2 aliphatic heterocycles. The van der Waals surface area contributed by atoms with Crippen molar-refractivity contribution < 1.29 is 57.1 Å². The van der Waals surface area contributed by atoms with Gasteiger partial charge in [-0.25, -0.2) is 0 Å². The van der Waals surface area contributed by atoms with Crippen LogP contribution in [0.4, 0.5) is 0 Å². The summed E-state index contributed by atoms with van der Waals surface area (Å²) in [6, 6.07) is 8.03. The number of unbranched alkanes of at least 4 members (excludes halogenated alkanes) is 1. The van der Waals surface area contributed by atoms with E-state index in [9.17, 15) is 19.2 Å². The molecule has 0 radical (unpaired) electrons. The van der Waals surface area contributed by atoms with Crippen molar-refractivity contribution in [1.82, 2.24) is 0 Å². The van der Waals surface area contributed by atoms with Gasteiger partial charge >= 0.3 is 23.9 Å². The fourth-order valence-corrected chi connectivity index (χ4v) is 4.83. The van der Waals surface area contributed by atoms with Crippen molar-refractivity contribution >= 4 is 23.9 Å². The predicted molar refractivity (Wildman–Crippen MR) is 146 cm³/mol. The van der Waals surface area contributed by atoms with Gasteiger partial charge in [0.15, 0.2) is 24.6 Å². The van der Waals surface area contributed by atoms with Gasteiger partial charge in [0.1, 0.15) is 18.5 Å². The van der Waals surface area contributed by atoms with Crippen LogP contribution in [0.25, 0.3) is 0 Å². The largest absolute Gasteiger partial charge is 0.493 e. The zero-order valence-electron chi connectivity index (χ0n) is 24.7. The molecule has 12 heteroatoms. The van der Waals surface area contributed by atoms with E-state index in [0.717, 1.165) is 50.2 Å². The van der Waals surface area contributed by atoms with Crippen molar-refractivity contribution in [2.45, 2.75) is 90.5 Å².